The maximum atomic E-state index is 15.8. The fraction of sp³-hybridized carbons (Fsp3) is 0.207. The Morgan fingerprint density at radius 2 is 1.80 bits per heavy atom. The molecule has 4 aromatic rings. The molecule has 2 aromatic carbocycles. The molecule has 0 fully saturated rings. The van der Waals surface area contributed by atoms with Crippen molar-refractivity contribution < 1.29 is 27.4 Å². The number of hydrogen-bond donors (Lipinski definition) is 1. The van der Waals surface area contributed by atoms with Crippen molar-refractivity contribution in [3.8, 4) is 17.6 Å². The fourth-order valence-electron chi connectivity index (χ4n) is 3.74. The summed E-state index contributed by atoms with van der Waals surface area (Å²) in [5.41, 5.74) is -3.16. The normalized spacial score (nSPS) is 13.5. The molecule has 12 heteroatoms. The number of nitrogens with zero attached hydrogens (tertiary/aromatic N) is 6. The molecule has 0 aliphatic heterocycles. The Kier molecular flexibility index (Phi) is 8.89. The second-order valence-corrected chi connectivity index (χ2v) is 8.91. The minimum Gasteiger partial charge on any atom is -0.488 e. The number of aromatic nitrogens is 5. The van der Waals surface area contributed by atoms with Crippen LogP contribution in [0.4, 0.5) is 17.6 Å². The molecule has 41 heavy (non-hydrogen) atoms. The van der Waals surface area contributed by atoms with Gasteiger partial charge in [-0.1, -0.05) is 17.9 Å². The summed E-state index contributed by atoms with van der Waals surface area (Å²) < 4.78 is 66.3. The maximum Gasteiger partial charge on any atom is 0.323 e. The first-order valence-electron chi connectivity index (χ1n) is 12.2. The molecule has 0 radical (unpaired) electrons. The smallest absolute Gasteiger partial charge is 0.323 e. The third-order valence-corrected chi connectivity index (χ3v) is 5.86. The number of pyridine rings is 1. The number of halogens is 4. The second kappa shape index (κ2) is 12.5. The van der Waals surface area contributed by atoms with Gasteiger partial charge in [-0.2, -0.15) is 8.78 Å². The van der Waals surface area contributed by atoms with E-state index in [1.54, 1.807) is 30.5 Å². The lowest BCUT2D eigenvalue weighted by molar-refractivity contribution is -0.207. The Bertz CT molecular complexity index is 1600. The predicted molar refractivity (Wildman–Crippen MR) is 142 cm³/mol. The number of aliphatic imine (C=N–C) groups is 1. The van der Waals surface area contributed by atoms with E-state index in [2.05, 4.69) is 37.3 Å². The van der Waals surface area contributed by atoms with Crippen molar-refractivity contribution in [1.82, 2.24) is 25.2 Å². The summed E-state index contributed by atoms with van der Waals surface area (Å²) in [6, 6.07) is 11.2. The van der Waals surface area contributed by atoms with Crippen LogP contribution in [0.15, 0.2) is 84.4 Å². The van der Waals surface area contributed by atoms with Crippen LogP contribution in [-0.4, -0.2) is 42.6 Å². The Hall–Kier alpha value is -4.89. The molecule has 0 bridgehead atoms. The van der Waals surface area contributed by atoms with Crippen molar-refractivity contribution >= 4 is 5.71 Å². The van der Waals surface area contributed by atoms with E-state index in [1.807, 2.05) is 19.9 Å². The fourth-order valence-corrected chi connectivity index (χ4v) is 3.74. The summed E-state index contributed by atoms with van der Waals surface area (Å²) in [6.07, 6.45) is 5.59. The predicted octanol–water partition coefficient (Wildman–Crippen LogP) is 4.80. The summed E-state index contributed by atoms with van der Waals surface area (Å²) in [6.45, 7) is 3.11. The van der Waals surface area contributed by atoms with E-state index in [4.69, 9.17) is 4.74 Å². The molecule has 0 aliphatic carbocycles. The molecule has 0 aliphatic rings. The van der Waals surface area contributed by atoms with Gasteiger partial charge >= 0.3 is 5.92 Å². The van der Waals surface area contributed by atoms with Gasteiger partial charge in [-0.05, 0) is 72.8 Å². The lowest BCUT2D eigenvalue weighted by atomic mass is 9.84. The van der Waals surface area contributed by atoms with Gasteiger partial charge in [-0.25, -0.2) is 13.5 Å². The van der Waals surface area contributed by atoms with E-state index in [-0.39, 0.29) is 0 Å². The van der Waals surface area contributed by atoms with Crippen molar-refractivity contribution in [2.24, 2.45) is 4.99 Å². The highest BCUT2D eigenvalue weighted by Gasteiger charge is 2.57. The maximum absolute atomic E-state index is 15.8. The van der Waals surface area contributed by atoms with Crippen molar-refractivity contribution in [1.29, 1.82) is 0 Å². The van der Waals surface area contributed by atoms with Crippen LogP contribution < -0.4 is 4.74 Å². The molecule has 0 saturated carbocycles. The number of alkyl halides is 2. The first-order valence-corrected chi connectivity index (χ1v) is 12.2. The minimum absolute atomic E-state index is 0.317. The zero-order valence-electron chi connectivity index (χ0n) is 22.0. The Morgan fingerprint density at radius 1 is 1.07 bits per heavy atom. The highest BCUT2D eigenvalue weighted by molar-refractivity contribution is 5.83. The average Bonchev–Trinajstić information content (AvgIpc) is 3.47. The van der Waals surface area contributed by atoms with Crippen LogP contribution in [-0.2, 0) is 18.1 Å². The van der Waals surface area contributed by atoms with Gasteiger partial charge in [0.1, 0.15) is 36.0 Å². The van der Waals surface area contributed by atoms with Crippen LogP contribution in [0.5, 0.6) is 5.75 Å². The zero-order valence-corrected chi connectivity index (χ0v) is 22.0. The number of tetrazole rings is 1. The summed E-state index contributed by atoms with van der Waals surface area (Å²) >= 11 is 0. The molecule has 8 nitrogen and oxygen atoms in total. The highest BCUT2D eigenvalue weighted by Crippen LogP contribution is 2.46. The molecule has 1 N–H and O–H groups in total. The number of ether oxygens (including phenoxy) is 1. The van der Waals surface area contributed by atoms with Crippen LogP contribution >= 0.6 is 0 Å². The Labute approximate surface area is 233 Å². The largest absolute Gasteiger partial charge is 0.488 e. The van der Waals surface area contributed by atoms with E-state index in [0.29, 0.717) is 29.5 Å². The molecule has 0 spiro atoms. The van der Waals surface area contributed by atoms with Gasteiger partial charge in [0.25, 0.3) is 0 Å². The SMILES string of the molecule is C/C=C\N=C(/C)COc1ccc(C#Cc2ccc(C(F)(F)C(O)(Cn3cnnn3)c3ccc(F)cc3F)nc2)cc1. The molecule has 1 unspecified atom stereocenters. The third-order valence-electron chi connectivity index (χ3n) is 5.86. The van der Waals surface area contributed by atoms with Gasteiger partial charge in [0.2, 0.25) is 0 Å². The topological polar surface area (TPSA) is 98.3 Å². The van der Waals surface area contributed by atoms with Crippen LogP contribution in [0, 0.1) is 23.5 Å². The van der Waals surface area contributed by atoms with E-state index in [9.17, 15) is 13.9 Å². The molecular weight excluding hydrogens is 540 g/mol. The number of allylic oxidation sites excluding steroid dienone is 1. The number of benzene rings is 2. The number of rotatable bonds is 9. The molecule has 0 amide bonds. The van der Waals surface area contributed by atoms with E-state index < -0.39 is 41.0 Å². The molecule has 2 heterocycles. The molecular formula is C29H24F4N6O2. The molecule has 0 saturated heterocycles. The molecule has 2 aromatic heterocycles. The van der Waals surface area contributed by atoms with Crippen LogP contribution in [0.3, 0.4) is 0 Å². The van der Waals surface area contributed by atoms with E-state index >= 15 is 8.78 Å². The van der Waals surface area contributed by atoms with Crippen molar-refractivity contribution in [3.63, 3.8) is 0 Å². The minimum atomic E-state index is -4.16. The Morgan fingerprint density at radius 3 is 2.44 bits per heavy atom. The summed E-state index contributed by atoms with van der Waals surface area (Å²) in [5, 5.41) is 21.4. The van der Waals surface area contributed by atoms with Crippen molar-refractivity contribution in [3.05, 3.63) is 113 Å². The highest BCUT2D eigenvalue weighted by atomic mass is 19.3. The van der Waals surface area contributed by atoms with Crippen molar-refractivity contribution in [2.75, 3.05) is 6.61 Å². The first kappa shape index (κ1) is 29.1. The van der Waals surface area contributed by atoms with Gasteiger partial charge in [-0.3, -0.25) is 9.98 Å². The van der Waals surface area contributed by atoms with Gasteiger partial charge in [0.05, 0.1) is 12.3 Å². The van der Waals surface area contributed by atoms with Gasteiger partial charge in [0.15, 0.2) is 5.60 Å². The van der Waals surface area contributed by atoms with E-state index in [0.717, 1.165) is 41.1 Å². The summed E-state index contributed by atoms with van der Waals surface area (Å²) in [4.78, 5) is 8.00. The lowest BCUT2D eigenvalue weighted by Gasteiger charge is -2.35. The van der Waals surface area contributed by atoms with Crippen LogP contribution in [0.2, 0.25) is 0 Å². The van der Waals surface area contributed by atoms with Gasteiger partial charge in [-0.15, -0.1) is 5.10 Å². The number of hydrogen-bond acceptors (Lipinski definition) is 7. The molecule has 4 rings (SSSR count). The number of aliphatic hydroxyl groups is 1. The Balaban J connectivity index is 1.54. The van der Waals surface area contributed by atoms with E-state index in [1.165, 1.54) is 6.07 Å². The summed E-state index contributed by atoms with van der Waals surface area (Å²) in [5.74, 6) is -0.139. The molecule has 1 atom stereocenters. The van der Waals surface area contributed by atoms with Gasteiger partial charge < -0.3 is 9.84 Å². The van der Waals surface area contributed by atoms with Gasteiger partial charge in [0, 0.05) is 35.2 Å². The van der Waals surface area contributed by atoms with Crippen LogP contribution in [0.1, 0.15) is 36.2 Å². The average molecular weight is 565 g/mol. The van der Waals surface area contributed by atoms with Crippen LogP contribution in [0.25, 0.3) is 0 Å². The third kappa shape index (κ3) is 6.82. The van der Waals surface area contributed by atoms with Crippen molar-refractivity contribution in [2.45, 2.75) is 31.9 Å². The zero-order chi connectivity index (χ0) is 29.5. The lowest BCUT2D eigenvalue weighted by Crippen LogP contribution is -2.48. The quantitative estimate of drug-likeness (QED) is 0.178. The monoisotopic (exact) mass is 564 g/mol. The standard InChI is InChI=1S/C29H24F4N6O2/c1-3-14-34-20(2)17-41-24-10-6-21(7-11-24)4-5-22-8-13-27(35-16-22)29(32,33)28(40,18-39-19-36-37-38-39)25-12-9-23(30)15-26(25)31/h3,6-16,19,40H,17-18H2,1-2H3/b14-3-,34-20+. The first-order chi connectivity index (χ1) is 19.6. The molecule has 210 valence electrons. The summed E-state index contributed by atoms with van der Waals surface area (Å²) in [7, 11) is 0. The second-order valence-electron chi connectivity index (χ2n) is 8.91.